The van der Waals surface area contributed by atoms with Gasteiger partial charge in [0.15, 0.2) is 0 Å². The van der Waals surface area contributed by atoms with Crippen LogP contribution >= 0.6 is 0 Å². The van der Waals surface area contributed by atoms with E-state index in [-0.39, 0.29) is 18.2 Å². The number of likely N-dealkylation sites (tertiary alicyclic amines) is 1. The Morgan fingerprint density at radius 1 is 1.69 bits per heavy atom. The van der Waals surface area contributed by atoms with Gasteiger partial charge in [-0.1, -0.05) is 0 Å². The maximum Gasteiger partial charge on any atom is 0.407 e. The fourth-order valence-electron chi connectivity index (χ4n) is 2.31. The minimum Gasteiger partial charge on any atom is -0.465 e. The zero-order valence-electron chi connectivity index (χ0n) is 7.36. The van der Waals surface area contributed by atoms with Gasteiger partial charge < -0.3 is 20.4 Å². The van der Waals surface area contributed by atoms with Crippen LogP contribution in [0.5, 0.6) is 0 Å². The molecule has 2 aliphatic heterocycles. The minimum absolute atomic E-state index is 0.0211. The van der Waals surface area contributed by atoms with E-state index in [1.54, 1.807) is 0 Å². The fraction of sp³-hybridized carbons (Fsp3) is 0.875. The number of hydrogen-bond acceptors (Lipinski definition) is 3. The molecule has 0 aliphatic carbocycles. The molecular weight excluding hydrogens is 172 g/mol. The van der Waals surface area contributed by atoms with Crippen LogP contribution in [0.25, 0.3) is 0 Å². The van der Waals surface area contributed by atoms with Crippen molar-refractivity contribution in [3.63, 3.8) is 0 Å². The van der Waals surface area contributed by atoms with Crippen LogP contribution in [0, 0.1) is 0 Å². The van der Waals surface area contributed by atoms with Crippen molar-refractivity contribution in [2.75, 3.05) is 19.7 Å². The fourth-order valence-corrected chi connectivity index (χ4v) is 2.31. The van der Waals surface area contributed by atoms with Gasteiger partial charge >= 0.3 is 6.09 Å². The number of nitrogens with zero attached hydrogens (tertiary/aromatic N) is 1. The second-order valence-corrected chi connectivity index (χ2v) is 3.98. The molecule has 0 aromatic rings. The molecule has 1 amide bonds. The molecule has 0 spiro atoms. The Morgan fingerprint density at radius 2 is 2.46 bits per heavy atom. The van der Waals surface area contributed by atoms with E-state index in [0.29, 0.717) is 13.1 Å². The van der Waals surface area contributed by atoms with Gasteiger partial charge in [0.2, 0.25) is 0 Å². The summed E-state index contributed by atoms with van der Waals surface area (Å²) < 4.78 is 0. The molecule has 0 saturated carbocycles. The molecule has 2 aliphatic rings. The molecule has 3 N–H and O–H groups in total. The summed E-state index contributed by atoms with van der Waals surface area (Å²) in [5, 5.41) is 21.3. The van der Waals surface area contributed by atoms with Crippen LogP contribution in [0.2, 0.25) is 0 Å². The normalized spacial score (nSPS) is 37.9. The van der Waals surface area contributed by atoms with Crippen LogP contribution in [0.15, 0.2) is 0 Å². The smallest absolute Gasteiger partial charge is 0.407 e. The molecule has 13 heavy (non-hydrogen) atoms. The van der Waals surface area contributed by atoms with Gasteiger partial charge in [-0.2, -0.15) is 0 Å². The SMILES string of the molecule is O=C(O)N1C[C@@H]2CC[C@](CO)(C1)N2. The molecular formula is C8H14N2O3. The Hall–Kier alpha value is -0.810. The monoisotopic (exact) mass is 186 g/mol. The zero-order valence-corrected chi connectivity index (χ0v) is 7.36. The third-order valence-corrected chi connectivity index (χ3v) is 2.99. The van der Waals surface area contributed by atoms with Gasteiger partial charge in [0.25, 0.3) is 0 Å². The van der Waals surface area contributed by atoms with E-state index in [9.17, 15) is 9.90 Å². The van der Waals surface area contributed by atoms with Gasteiger partial charge in [-0.25, -0.2) is 4.79 Å². The predicted molar refractivity (Wildman–Crippen MR) is 45.6 cm³/mol. The molecule has 2 heterocycles. The van der Waals surface area contributed by atoms with E-state index in [1.165, 1.54) is 4.90 Å². The van der Waals surface area contributed by atoms with E-state index in [1.807, 2.05) is 0 Å². The molecule has 0 aromatic carbocycles. The summed E-state index contributed by atoms with van der Waals surface area (Å²) in [7, 11) is 0. The van der Waals surface area contributed by atoms with Gasteiger partial charge in [-0.05, 0) is 12.8 Å². The van der Waals surface area contributed by atoms with Crippen molar-refractivity contribution >= 4 is 6.09 Å². The van der Waals surface area contributed by atoms with Crippen LogP contribution < -0.4 is 5.32 Å². The van der Waals surface area contributed by atoms with Crippen molar-refractivity contribution in [1.29, 1.82) is 0 Å². The van der Waals surface area contributed by atoms with Crippen molar-refractivity contribution in [3.8, 4) is 0 Å². The largest absolute Gasteiger partial charge is 0.465 e. The summed E-state index contributed by atoms with van der Waals surface area (Å²) in [5.74, 6) is 0. The molecule has 2 atom stereocenters. The second-order valence-electron chi connectivity index (χ2n) is 3.98. The molecule has 0 aromatic heterocycles. The summed E-state index contributed by atoms with van der Waals surface area (Å²) in [4.78, 5) is 12.1. The standard InChI is InChI=1S/C8H14N2O3/c11-5-8-2-1-6(9-8)3-10(4-8)7(12)13/h6,9,11H,1-5H2,(H,12,13)/t6-,8+/m0/s1. The van der Waals surface area contributed by atoms with Gasteiger partial charge in [-0.15, -0.1) is 0 Å². The Morgan fingerprint density at radius 3 is 3.08 bits per heavy atom. The first-order valence-electron chi connectivity index (χ1n) is 4.52. The van der Waals surface area contributed by atoms with Crippen molar-refractivity contribution in [1.82, 2.24) is 10.2 Å². The van der Waals surface area contributed by atoms with Crippen molar-refractivity contribution < 1.29 is 15.0 Å². The molecule has 2 bridgehead atoms. The number of carbonyl (C=O) groups is 1. The summed E-state index contributed by atoms with van der Waals surface area (Å²) in [6, 6.07) is 0.233. The van der Waals surface area contributed by atoms with E-state index in [4.69, 9.17) is 5.11 Å². The first-order chi connectivity index (χ1) is 6.15. The third kappa shape index (κ3) is 1.38. The Bertz CT molecular complexity index is 233. The number of carboxylic acid groups (broad SMARTS) is 1. The number of hydrogen-bond donors (Lipinski definition) is 3. The quantitative estimate of drug-likeness (QED) is 0.514. The van der Waals surface area contributed by atoms with Crippen molar-refractivity contribution in [2.24, 2.45) is 0 Å². The summed E-state index contributed by atoms with van der Waals surface area (Å²) in [6.07, 6.45) is 0.952. The van der Waals surface area contributed by atoms with Gasteiger partial charge in [0.05, 0.1) is 12.1 Å². The van der Waals surface area contributed by atoms with Crippen LogP contribution in [0.3, 0.4) is 0 Å². The minimum atomic E-state index is -0.883. The van der Waals surface area contributed by atoms with Crippen LogP contribution in [-0.2, 0) is 0 Å². The number of amides is 1. The van der Waals surface area contributed by atoms with Crippen LogP contribution in [-0.4, -0.2) is 52.5 Å². The Labute approximate surface area is 76.3 Å². The summed E-state index contributed by atoms with van der Waals surface area (Å²) >= 11 is 0. The number of rotatable bonds is 1. The van der Waals surface area contributed by atoms with Gasteiger partial charge in [0.1, 0.15) is 0 Å². The highest BCUT2D eigenvalue weighted by atomic mass is 16.4. The third-order valence-electron chi connectivity index (χ3n) is 2.99. The lowest BCUT2D eigenvalue weighted by atomic mass is 9.98. The van der Waals surface area contributed by atoms with E-state index in [0.717, 1.165) is 12.8 Å². The first kappa shape index (κ1) is 8.77. The first-order valence-corrected chi connectivity index (χ1v) is 4.52. The number of aliphatic hydroxyl groups is 1. The highest BCUT2D eigenvalue weighted by Gasteiger charge is 2.45. The molecule has 5 heteroatoms. The lowest BCUT2D eigenvalue weighted by molar-refractivity contribution is 0.0780. The average Bonchev–Trinajstić information content (AvgIpc) is 2.42. The molecule has 0 unspecified atom stereocenters. The number of fused-ring (bicyclic) bond motifs is 2. The van der Waals surface area contributed by atoms with Gasteiger partial charge in [-0.3, -0.25) is 0 Å². The molecule has 74 valence electrons. The lowest BCUT2D eigenvalue weighted by Crippen LogP contribution is -2.62. The van der Waals surface area contributed by atoms with Crippen LogP contribution in [0.4, 0.5) is 4.79 Å². The summed E-state index contributed by atoms with van der Waals surface area (Å²) in [5.41, 5.74) is -0.360. The van der Waals surface area contributed by atoms with E-state index in [2.05, 4.69) is 5.32 Å². The Kier molecular flexibility index (Phi) is 1.92. The Balaban J connectivity index is 2.12. The van der Waals surface area contributed by atoms with Crippen molar-refractivity contribution in [3.05, 3.63) is 0 Å². The maximum absolute atomic E-state index is 10.7. The zero-order chi connectivity index (χ0) is 9.47. The van der Waals surface area contributed by atoms with E-state index < -0.39 is 6.09 Å². The summed E-state index contributed by atoms with van der Waals surface area (Å²) in [6.45, 7) is 0.986. The average molecular weight is 186 g/mol. The molecule has 5 nitrogen and oxygen atoms in total. The van der Waals surface area contributed by atoms with Crippen LogP contribution in [0.1, 0.15) is 12.8 Å². The van der Waals surface area contributed by atoms with Gasteiger partial charge in [0, 0.05) is 19.1 Å². The number of piperazine rings is 1. The second kappa shape index (κ2) is 2.85. The van der Waals surface area contributed by atoms with Crippen molar-refractivity contribution in [2.45, 2.75) is 24.4 Å². The number of aliphatic hydroxyl groups excluding tert-OH is 1. The lowest BCUT2D eigenvalue weighted by Gasteiger charge is -2.38. The highest BCUT2D eigenvalue weighted by Crippen LogP contribution is 2.29. The molecule has 2 fully saturated rings. The maximum atomic E-state index is 10.7. The highest BCUT2D eigenvalue weighted by molar-refractivity contribution is 5.65. The van der Waals surface area contributed by atoms with E-state index >= 15 is 0 Å². The molecule has 2 rings (SSSR count). The topological polar surface area (TPSA) is 72.8 Å². The molecule has 2 saturated heterocycles. The molecule has 0 radical (unpaired) electrons. The predicted octanol–water partition coefficient (Wildman–Crippen LogP) is -0.537. The number of nitrogens with one attached hydrogen (secondary N) is 1.